The van der Waals surface area contributed by atoms with Gasteiger partial charge >= 0.3 is 5.69 Å². The Morgan fingerprint density at radius 1 is 1.11 bits per heavy atom. The Morgan fingerprint density at radius 3 is 2.54 bits per heavy atom. The first kappa shape index (κ1) is 23.4. The van der Waals surface area contributed by atoms with E-state index >= 15 is 0 Å². The van der Waals surface area contributed by atoms with Crippen molar-refractivity contribution in [2.75, 3.05) is 7.11 Å². The maximum absolute atomic E-state index is 11.4. The molecule has 1 heterocycles. The number of nitro groups is 2. The molecule has 1 aromatic heterocycles. The van der Waals surface area contributed by atoms with Crippen LogP contribution in [0.15, 0.2) is 59.1 Å². The van der Waals surface area contributed by atoms with E-state index in [1.54, 1.807) is 18.2 Å². The number of nitrogens with one attached hydrogen (secondary N) is 1. The second kappa shape index (κ2) is 9.62. The van der Waals surface area contributed by atoms with Crippen molar-refractivity contribution >= 4 is 50.0 Å². The number of hydrogen-bond acceptors (Lipinski definition) is 8. The van der Waals surface area contributed by atoms with Crippen LogP contribution in [0.5, 0.6) is 17.2 Å². The molecule has 0 aliphatic rings. The third kappa shape index (κ3) is 4.80. The Labute approximate surface area is 205 Å². The van der Waals surface area contributed by atoms with E-state index < -0.39 is 21.2 Å². The number of aromatic amines is 1. The normalized spacial score (nSPS) is 11.2. The lowest BCUT2D eigenvalue weighted by Gasteiger charge is -2.13. The summed E-state index contributed by atoms with van der Waals surface area (Å²) >= 11 is 3.37. The summed E-state index contributed by atoms with van der Waals surface area (Å²) in [6, 6.07) is 15.8. The van der Waals surface area contributed by atoms with Crippen LogP contribution in [0, 0.1) is 31.6 Å². The Morgan fingerprint density at radius 2 is 1.89 bits per heavy atom. The van der Waals surface area contributed by atoms with Crippen LogP contribution in [0.1, 0.15) is 11.4 Å². The van der Waals surface area contributed by atoms with Crippen molar-refractivity contribution in [3.63, 3.8) is 0 Å². The number of non-ortho nitro benzene ring substituents is 1. The summed E-state index contributed by atoms with van der Waals surface area (Å²) in [5.41, 5.74) is 1.33. The number of aromatic nitrogens is 2. The summed E-state index contributed by atoms with van der Waals surface area (Å²) in [6.07, 6.45) is 1.60. The smallest absolute Gasteiger partial charge is 0.318 e. The fourth-order valence-corrected chi connectivity index (χ4v) is 3.82. The zero-order chi connectivity index (χ0) is 25.1. The molecular formula is C23H14BrN5O6. The van der Waals surface area contributed by atoms with Gasteiger partial charge in [-0.25, -0.2) is 4.98 Å². The van der Waals surface area contributed by atoms with E-state index in [2.05, 4.69) is 32.0 Å². The molecule has 0 aliphatic heterocycles. The van der Waals surface area contributed by atoms with Gasteiger partial charge < -0.3 is 14.5 Å². The average molecular weight is 536 g/mol. The summed E-state index contributed by atoms with van der Waals surface area (Å²) in [4.78, 5) is 28.5. The van der Waals surface area contributed by atoms with Gasteiger partial charge in [0, 0.05) is 6.07 Å². The fourth-order valence-electron chi connectivity index (χ4n) is 3.28. The Bertz CT molecular complexity index is 1520. The molecule has 12 heteroatoms. The Kier molecular flexibility index (Phi) is 6.43. The van der Waals surface area contributed by atoms with Crippen LogP contribution in [0.25, 0.3) is 22.7 Å². The van der Waals surface area contributed by atoms with E-state index in [1.165, 1.54) is 7.11 Å². The van der Waals surface area contributed by atoms with Crippen molar-refractivity contribution in [1.29, 1.82) is 5.26 Å². The quantitative estimate of drug-likeness (QED) is 0.171. The standard InChI is InChI=1S/C23H14BrN5O6/c1-34-21-10-13(8-14(12-25)23-26-17-4-2-3-5-18(17)27-23)9-16(24)22(21)35-20-7-6-15(28(30)31)11-19(20)29(32)33/h2-11H,1H3,(H,26,27)/b14-8+. The minimum Gasteiger partial charge on any atom is -0.493 e. The molecule has 0 saturated heterocycles. The molecule has 0 amide bonds. The lowest BCUT2D eigenvalue weighted by molar-refractivity contribution is -0.394. The number of imidazole rings is 1. The molecule has 0 spiro atoms. The van der Waals surface area contributed by atoms with Crippen molar-refractivity contribution in [2.24, 2.45) is 0 Å². The highest BCUT2D eigenvalue weighted by molar-refractivity contribution is 9.10. The van der Waals surface area contributed by atoms with Crippen LogP contribution in [-0.2, 0) is 0 Å². The lowest BCUT2D eigenvalue weighted by Crippen LogP contribution is -1.98. The molecule has 0 unspecified atom stereocenters. The van der Waals surface area contributed by atoms with Gasteiger partial charge in [-0.2, -0.15) is 5.26 Å². The van der Waals surface area contributed by atoms with Gasteiger partial charge in [0.1, 0.15) is 11.9 Å². The summed E-state index contributed by atoms with van der Waals surface area (Å²) in [7, 11) is 1.39. The van der Waals surface area contributed by atoms with Gasteiger partial charge in [-0.15, -0.1) is 0 Å². The third-order valence-electron chi connectivity index (χ3n) is 4.89. The molecule has 0 aliphatic carbocycles. The molecule has 4 rings (SSSR count). The SMILES string of the molecule is COc1cc(/C=C(\C#N)c2nc3ccccc3[nH]2)cc(Br)c1Oc1ccc([N+](=O)[O-])cc1[N+](=O)[O-]. The second-order valence-electron chi connectivity index (χ2n) is 7.07. The molecule has 0 atom stereocenters. The summed E-state index contributed by atoms with van der Waals surface area (Å²) in [6.45, 7) is 0. The number of methoxy groups -OCH3 is 1. The largest absolute Gasteiger partial charge is 0.493 e. The molecule has 0 bridgehead atoms. The van der Waals surface area contributed by atoms with E-state index in [-0.39, 0.29) is 22.8 Å². The summed E-state index contributed by atoms with van der Waals surface area (Å²) < 4.78 is 11.5. The van der Waals surface area contributed by atoms with Gasteiger partial charge in [-0.1, -0.05) is 12.1 Å². The van der Waals surface area contributed by atoms with E-state index in [1.807, 2.05) is 24.3 Å². The third-order valence-corrected chi connectivity index (χ3v) is 5.48. The van der Waals surface area contributed by atoms with Gasteiger partial charge in [0.25, 0.3) is 5.69 Å². The van der Waals surface area contributed by atoms with Crippen LogP contribution in [-0.4, -0.2) is 26.9 Å². The van der Waals surface area contributed by atoms with Gasteiger partial charge in [-0.05, 0) is 57.9 Å². The van der Waals surface area contributed by atoms with Crippen molar-refractivity contribution in [3.05, 3.63) is 90.7 Å². The summed E-state index contributed by atoms with van der Waals surface area (Å²) in [5.74, 6) is 0.512. The van der Waals surface area contributed by atoms with Crippen LogP contribution >= 0.6 is 15.9 Å². The molecule has 35 heavy (non-hydrogen) atoms. The molecule has 0 fully saturated rings. The van der Waals surface area contributed by atoms with Gasteiger partial charge in [0.2, 0.25) is 5.75 Å². The predicted molar refractivity (Wildman–Crippen MR) is 130 cm³/mol. The van der Waals surface area contributed by atoms with E-state index in [4.69, 9.17) is 9.47 Å². The number of hydrogen-bond donors (Lipinski definition) is 1. The number of benzene rings is 3. The van der Waals surface area contributed by atoms with Crippen molar-refractivity contribution < 1.29 is 19.3 Å². The van der Waals surface area contributed by atoms with Crippen LogP contribution in [0.2, 0.25) is 0 Å². The zero-order valence-corrected chi connectivity index (χ0v) is 19.5. The number of rotatable bonds is 7. The molecule has 3 aromatic carbocycles. The molecule has 174 valence electrons. The first-order valence-electron chi connectivity index (χ1n) is 9.86. The second-order valence-corrected chi connectivity index (χ2v) is 7.93. The van der Waals surface area contributed by atoms with Crippen LogP contribution < -0.4 is 9.47 Å². The van der Waals surface area contributed by atoms with E-state index in [0.29, 0.717) is 15.9 Å². The Hall–Kier alpha value is -4.76. The Balaban J connectivity index is 1.73. The zero-order valence-electron chi connectivity index (χ0n) is 17.9. The molecular weight excluding hydrogens is 522 g/mol. The lowest BCUT2D eigenvalue weighted by atomic mass is 10.1. The maximum atomic E-state index is 11.4. The average Bonchev–Trinajstić information content (AvgIpc) is 3.27. The van der Waals surface area contributed by atoms with E-state index in [0.717, 1.165) is 29.2 Å². The highest BCUT2D eigenvalue weighted by Gasteiger charge is 2.23. The fraction of sp³-hybridized carbons (Fsp3) is 0.0435. The minimum atomic E-state index is -0.771. The maximum Gasteiger partial charge on any atom is 0.318 e. The molecule has 4 aromatic rings. The monoisotopic (exact) mass is 535 g/mol. The molecule has 0 radical (unpaired) electrons. The van der Waals surface area contributed by atoms with Crippen LogP contribution in [0.3, 0.4) is 0 Å². The topological polar surface area (TPSA) is 157 Å². The first-order valence-corrected chi connectivity index (χ1v) is 10.6. The number of para-hydroxylation sites is 2. The number of H-pyrrole nitrogens is 1. The summed E-state index contributed by atoms with van der Waals surface area (Å²) in [5, 5.41) is 32.1. The number of nitrogens with zero attached hydrogens (tertiary/aromatic N) is 4. The predicted octanol–water partition coefficient (Wildman–Crippen LogP) is 6.01. The first-order chi connectivity index (χ1) is 16.8. The van der Waals surface area contributed by atoms with E-state index in [9.17, 15) is 25.5 Å². The van der Waals surface area contributed by atoms with Gasteiger partial charge in [0.15, 0.2) is 11.5 Å². The number of halogens is 1. The molecule has 1 N–H and O–H groups in total. The number of nitro benzene ring substituents is 2. The van der Waals surface area contributed by atoms with Gasteiger partial charge in [0.05, 0.1) is 44.1 Å². The highest BCUT2D eigenvalue weighted by atomic mass is 79.9. The van der Waals surface area contributed by atoms with Crippen molar-refractivity contribution in [2.45, 2.75) is 0 Å². The number of allylic oxidation sites excluding steroid dienone is 1. The van der Waals surface area contributed by atoms with Crippen molar-refractivity contribution in [1.82, 2.24) is 9.97 Å². The minimum absolute atomic E-state index is 0.115. The van der Waals surface area contributed by atoms with Crippen molar-refractivity contribution in [3.8, 4) is 23.3 Å². The van der Waals surface area contributed by atoms with Gasteiger partial charge in [-0.3, -0.25) is 20.2 Å². The van der Waals surface area contributed by atoms with Crippen LogP contribution in [0.4, 0.5) is 11.4 Å². The molecule has 0 saturated carbocycles. The number of nitriles is 1. The molecule has 11 nitrogen and oxygen atoms in total. The highest BCUT2D eigenvalue weighted by Crippen LogP contribution is 2.43. The number of fused-ring (bicyclic) bond motifs is 1. The number of ether oxygens (including phenoxy) is 2.